The van der Waals surface area contributed by atoms with Crippen LogP contribution < -0.4 is 20.9 Å². The predicted molar refractivity (Wildman–Crippen MR) is 102 cm³/mol. The van der Waals surface area contributed by atoms with Gasteiger partial charge in [-0.25, -0.2) is 0 Å². The lowest BCUT2D eigenvalue weighted by molar-refractivity contribution is -0.121. The van der Waals surface area contributed by atoms with Gasteiger partial charge in [0.1, 0.15) is 11.5 Å². The minimum absolute atomic E-state index is 0.0574. The Morgan fingerprint density at radius 1 is 1.24 bits per heavy atom. The van der Waals surface area contributed by atoms with Gasteiger partial charge in [0, 0.05) is 4.47 Å². The second-order valence-corrected chi connectivity index (χ2v) is 6.89. The number of aryl methyl sites for hydroxylation is 1. The molecule has 0 aliphatic heterocycles. The third-order valence-corrected chi connectivity index (χ3v) is 4.22. The third kappa shape index (κ3) is 5.83. The number of nitrogens with one attached hydrogen (secondary N) is 3. The van der Waals surface area contributed by atoms with Gasteiger partial charge < -0.3 is 9.15 Å². The minimum atomic E-state index is -0.471. The van der Waals surface area contributed by atoms with Crippen LogP contribution in [0, 0.1) is 6.92 Å². The molecule has 1 aromatic heterocycles. The van der Waals surface area contributed by atoms with Gasteiger partial charge in [0.15, 0.2) is 11.7 Å². The zero-order valence-electron chi connectivity index (χ0n) is 12.9. The smallest absolute Gasteiger partial charge is 0.273 e. The van der Waals surface area contributed by atoms with Crippen LogP contribution in [0.4, 0.5) is 0 Å². The van der Waals surface area contributed by atoms with Gasteiger partial charge >= 0.3 is 0 Å². The van der Waals surface area contributed by atoms with Crippen molar-refractivity contribution in [2.75, 3.05) is 6.61 Å². The normalized spacial score (nSPS) is 10.0. The molecule has 132 valence electrons. The third-order valence-electron chi connectivity index (χ3n) is 2.90. The Bertz CT molecular complexity index is 810. The van der Waals surface area contributed by atoms with E-state index in [9.17, 15) is 9.59 Å². The molecule has 0 aliphatic rings. The molecule has 0 unspecified atom stereocenters. The molecule has 0 saturated heterocycles. The summed E-state index contributed by atoms with van der Waals surface area (Å²) in [6.07, 6.45) is 1.40. The molecule has 3 N–H and O–H groups in total. The van der Waals surface area contributed by atoms with Crippen LogP contribution in [-0.2, 0) is 4.79 Å². The highest BCUT2D eigenvalue weighted by Crippen LogP contribution is 2.28. The van der Waals surface area contributed by atoms with Crippen molar-refractivity contribution in [1.82, 2.24) is 16.2 Å². The van der Waals surface area contributed by atoms with Gasteiger partial charge in [-0.3, -0.25) is 25.8 Å². The van der Waals surface area contributed by atoms with Gasteiger partial charge in [0.2, 0.25) is 0 Å². The van der Waals surface area contributed by atoms with Gasteiger partial charge in [-0.1, -0.05) is 15.9 Å². The highest BCUT2D eigenvalue weighted by Gasteiger charge is 2.12. The van der Waals surface area contributed by atoms with Crippen LogP contribution in [0.3, 0.4) is 0 Å². The predicted octanol–water partition coefficient (Wildman–Crippen LogP) is 2.83. The first-order valence-electron chi connectivity index (χ1n) is 6.89. The van der Waals surface area contributed by atoms with E-state index in [1.165, 1.54) is 12.3 Å². The van der Waals surface area contributed by atoms with E-state index in [4.69, 9.17) is 21.4 Å². The zero-order valence-corrected chi connectivity index (χ0v) is 16.9. The summed E-state index contributed by atoms with van der Waals surface area (Å²) in [6, 6.07) is 6.83. The maximum Gasteiger partial charge on any atom is 0.273 e. The lowest BCUT2D eigenvalue weighted by Gasteiger charge is -2.11. The maximum atomic E-state index is 11.9. The average molecular weight is 491 g/mol. The highest BCUT2D eigenvalue weighted by molar-refractivity contribution is 9.11. The fourth-order valence-electron chi connectivity index (χ4n) is 1.73. The van der Waals surface area contributed by atoms with Crippen LogP contribution in [0.2, 0.25) is 0 Å². The molecule has 2 rings (SSSR count). The van der Waals surface area contributed by atoms with E-state index in [2.05, 4.69) is 48.0 Å². The number of benzene rings is 1. The second-order valence-electron chi connectivity index (χ2n) is 4.71. The van der Waals surface area contributed by atoms with Gasteiger partial charge in [-0.2, -0.15) is 0 Å². The largest absolute Gasteiger partial charge is 0.483 e. The zero-order chi connectivity index (χ0) is 18.4. The quantitative estimate of drug-likeness (QED) is 0.450. The summed E-state index contributed by atoms with van der Waals surface area (Å²) in [5.41, 5.74) is 5.16. The van der Waals surface area contributed by atoms with Crippen molar-refractivity contribution >= 4 is 61.0 Å². The molecule has 0 atom stereocenters. The number of rotatable bonds is 4. The van der Waals surface area contributed by atoms with E-state index in [-0.39, 0.29) is 11.7 Å². The summed E-state index contributed by atoms with van der Waals surface area (Å²) < 4.78 is 12.0. The Morgan fingerprint density at radius 3 is 2.64 bits per heavy atom. The first-order chi connectivity index (χ1) is 11.9. The van der Waals surface area contributed by atoms with Crippen molar-refractivity contribution < 1.29 is 18.7 Å². The van der Waals surface area contributed by atoms with Crippen LogP contribution in [0.25, 0.3) is 0 Å². The molecule has 0 spiro atoms. The number of halogens is 2. The van der Waals surface area contributed by atoms with Crippen molar-refractivity contribution in [3.8, 4) is 5.75 Å². The highest BCUT2D eigenvalue weighted by atomic mass is 79.9. The number of hydrogen-bond donors (Lipinski definition) is 3. The SMILES string of the molecule is Cc1occc1C(=O)NNC(=S)NC(=O)COc1ccc(Br)cc1Br. The molecule has 25 heavy (non-hydrogen) atoms. The van der Waals surface area contributed by atoms with Crippen molar-refractivity contribution in [1.29, 1.82) is 0 Å². The van der Waals surface area contributed by atoms with Crippen molar-refractivity contribution in [3.05, 3.63) is 50.8 Å². The van der Waals surface area contributed by atoms with Gasteiger partial charge in [-0.05, 0) is 59.3 Å². The Balaban J connectivity index is 1.75. The Kier molecular flexibility index (Phi) is 6.97. The molecule has 2 amide bonds. The van der Waals surface area contributed by atoms with Crippen molar-refractivity contribution in [2.24, 2.45) is 0 Å². The molecule has 0 saturated carbocycles. The first-order valence-corrected chi connectivity index (χ1v) is 8.88. The van der Waals surface area contributed by atoms with Crippen LogP contribution >= 0.6 is 44.1 Å². The van der Waals surface area contributed by atoms with Crippen LogP contribution in [0.1, 0.15) is 16.1 Å². The number of hydrogen-bond acceptors (Lipinski definition) is 5. The van der Waals surface area contributed by atoms with Gasteiger partial charge in [0.25, 0.3) is 11.8 Å². The Morgan fingerprint density at radius 2 is 2.00 bits per heavy atom. The summed E-state index contributed by atoms with van der Waals surface area (Å²) in [4.78, 5) is 23.7. The van der Waals surface area contributed by atoms with Gasteiger partial charge in [-0.15, -0.1) is 0 Å². The van der Waals surface area contributed by atoms with E-state index < -0.39 is 11.8 Å². The number of thiocarbonyl (C=S) groups is 1. The molecule has 1 aromatic carbocycles. The lowest BCUT2D eigenvalue weighted by atomic mass is 10.2. The van der Waals surface area contributed by atoms with Gasteiger partial charge in [0.05, 0.1) is 16.3 Å². The average Bonchev–Trinajstić information content (AvgIpc) is 2.98. The summed E-state index contributed by atoms with van der Waals surface area (Å²) in [6.45, 7) is 1.42. The molecule has 0 bridgehead atoms. The standard InChI is InChI=1S/C15H13Br2N3O4S/c1-8-10(4-5-23-8)14(22)19-20-15(25)18-13(21)7-24-12-3-2-9(16)6-11(12)17/h2-6H,7H2,1H3,(H,19,22)(H2,18,20,21,25). The Labute approximate surface area is 165 Å². The van der Waals surface area contributed by atoms with E-state index in [1.54, 1.807) is 25.1 Å². The molecule has 0 aliphatic carbocycles. The van der Waals surface area contributed by atoms with Crippen LogP contribution in [-0.4, -0.2) is 23.5 Å². The monoisotopic (exact) mass is 489 g/mol. The summed E-state index contributed by atoms with van der Waals surface area (Å²) in [5, 5.41) is 2.33. The molecular formula is C15H13Br2N3O4S. The summed E-state index contributed by atoms with van der Waals surface area (Å²) in [7, 11) is 0. The van der Waals surface area contributed by atoms with E-state index >= 15 is 0 Å². The molecule has 0 radical (unpaired) electrons. The van der Waals surface area contributed by atoms with E-state index in [1.807, 2.05) is 0 Å². The number of carbonyl (C=O) groups is 2. The summed E-state index contributed by atoms with van der Waals surface area (Å²) in [5.74, 6) is 0.0858. The number of furan rings is 1. The second kappa shape index (κ2) is 8.97. The van der Waals surface area contributed by atoms with Crippen LogP contribution in [0.15, 0.2) is 43.9 Å². The number of ether oxygens (including phenoxy) is 1. The van der Waals surface area contributed by atoms with Crippen molar-refractivity contribution in [3.63, 3.8) is 0 Å². The number of hydrazine groups is 1. The van der Waals surface area contributed by atoms with Crippen LogP contribution in [0.5, 0.6) is 5.75 Å². The van der Waals surface area contributed by atoms with E-state index in [0.29, 0.717) is 21.5 Å². The fraction of sp³-hybridized carbons (Fsp3) is 0.133. The number of amides is 2. The lowest BCUT2D eigenvalue weighted by Crippen LogP contribution is -2.49. The maximum absolute atomic E-state index is 11.9. The van der Waals surface area contributed by atoms with E-state index in [0.717, 1.165) is 4.47 Å². The first kappa shape index (κ1) is 19.4. The number of carbonyl (C=O) groups excluding carboxylic acids is 2. The molecule has 0 fully saturated rings. The topological polar surface area (TPSA) is 92.6 Å². The minimum Gasteiger partial charge on any atom is -0.483 e. The Hall–Kier alpha value is -1.91. The molecular weight excluding hydrogens is 478 g/mol. The van der Waals surface area contributed by atoms with Crippen molar-refractivity contribution in [2.45, 2.75) is 6.92 Å². The molecule has 1 heterocycles. The fourth-order valence-corrected chi connectivity index (χ4v) is 3.06. The molecule has 2 aromatic rings. The molecule has 10 heteroatoms. The molecule has 7 nitrogen and oxygen atoms in total. The summed E-state index contributed by atoms with van der Waals surface area (Å²) >= 11 is 11.6.